The van der Waals surface area contributed by atoms with Gasteiger partial charge in [-0.15, -0.1) is 0 Å². The molecule has 0 aromatic carbocycles. The number of hydrogen-bond acceptors (Lipinski definition) is 1. The average molecular weight is 156 g/mol. The van der Waals surface area contributed by atoms with Crippen molar-refractivity contribution in [1.82, 2.24) is 0 Å². The van der Waals surface area contributed by atoms with Gasteiger partial charge in [0, 0.05) is 0 Å². The second-order valence-corrected chi connectivity index (χ2v) is 2.02. The lowest BCUT2D eigenvalue weighted by atomic mass is 11.0. The summed E-state index contributed by atoms with van der Waals surface area (Å²) in [5.74, 6) is 0. The van der Waals surface area contributed by atoms with Crippen LogP contribution < -0.4 is 16.5 Å². The molecule has 1 aromatic rings. The second kappa shape index (κ2) is 3.24. The average Bonchev–Trinajstić information content (AvgIpc) is 1.86. The van der Waals surface area contributed by atoms with E-state index in [1.54, 1.807) is 17.5 Å². The molecule has 0 saturated heterocycles. The zero-order chi connectivity index (χ0) is 4.41. The van der Waals surface area contributed by atoms with E-state index in [0.29, 0.717) is 0 Å². The van der Waals surface area contributed by atoms with Gasteiger partial charge in [-0.25, -0.2) is 0 Å². The highest BCUT2D eigenvalue weighted by Crippen LogP contribution is 1.86. The van der Waals surface area contributed by atoms with E-state index in [1.165, 1.54) is 4.09 Å². The van der Waals surface area contributed by atoms with Crippen molar-refractivity contribution in [3.05, 3.63) is 17.1 Å². The van der Waals surface area contributed by atoms with Gasteiger partial charge in [-0.05, 0) is 0 Å². The minimum Gasteiger partial charge on any atom is -1.00 e. The van der Waals surface area contributed by atoms with E-state index < -0.39 is 0 Å². The van der Waals surface area contributed by atoms with Crippen molar-refractivity contribution >= 4 is 23.1 Å². The standard InChI is InChI=1S/C3H3ClNS.ClH/c4-5-1-2-6-3-5;/h1-3H;1H/q+1;/p-1. The Morgan fingerprint density at radius 3 is 2.43 bits per heavy atom. The summed E-state index contributed by atoms with van der Waals surface area (Å²) in [6.45, 7) is 0. The molecule has 1 aromatic heterocycles. The molecule has 0 spiro atoms. The molecular weight excluding hydrogens is 153 g/mol. The third-order valence-electron chi connectivity index (χ3n) is 0.443. The highest BCUT2D eigenvalue weighted by molar-refractivity contribution is 7.07. The molecule has 1 rings (SSSR count). The van der Waals surface area contributed by atoms with Crippen LogP contribution in [0, 0.1) is 0 Å². The molecule has 0 unspecified atom stereocenters. The monoisotopic (exact) mass is 155 g/mol. The van der Waals surface area contributed by atoms with Crippen molar-refractivity contribution in [2.24, 2.45) is 0 Å². The summed E-state index contributed by atoms with van der Waals surface area (Å²) in [7, 11) is 0. The lowest BCUT2D eigenvalue weighted by Gasteiger charge is -1.54. The number of halogens is 2. The molecule has 1 nitrogen and oxygen atoms in total. The van der Waals surface area contributed by atoms with Crippen LogP contribution in [0.4, 0.5) is 0 Å². The predicted octanol–water partition coefficient (Wildman–Crippen LogP) is -1.96. The maximum absolute atomic E-state index is 5.38. The molecule has 40 valence electrons. The highest BCUT2D eigenvalue weighted by atomic mass is 35.5. The van der Waals surface area contributed by atoms with Crippen molar-refractivity contribution in [3.8, 4) is 0 Å². The Morgan fingerprint density at radius 1 is 1.57 bits per heavy atom. The molecule has 1 heterocycles. The summed E-state index contributed by atoms with van der Waals surface area (Å²) < 4.78 is 1.49. The normalized spacial score (nSPS) is 7.57. The number of rotatable bonds is 0. The highest BCUT2D eigenvalue weighted by Gasteiger charge is 1.87. The van der Waals surface area contributed by atoms with Gasteiger partial charge in [0.2, 0.25) is 11.7 Å². The van der Waals surface area contributed by atoms with Crippen LogP contribution in [0.3, 0.4) is 0 Å². The fraction of sp³-hybridized carbons (Fsp3) is 0. The lowest BCUT2D eigenvalue weighted by molar-refractivity contribution is -0.513. The van der Waals surface area contributed by atoms with Gasteiger partial charge in [-0.3, -0.25) is 0 Å². The van der Waals surface area contributed by atoms with Gasteiger partial charge in [0.05, 0.1) is 5.38 Å². The van der Waals surface area contributed by atoms with Gasteiger partial charge in [-0.2, -0.15) is 0 Å². The second-order valence-electron chi connectivity index (χ2n) is 0.871. The van der Waals surface area contributed by atoms with Crippen LogP contribution in [0.2, 0.25) is 0 Å². The van der Waals surface area contributed by atoms with Crippen LogP contribution in [0.15, 0.2) is 17.1 Å². The fourth-order valence-electron chi connectivity index (χ4n) is 0.222. The van der Waals surface area contributed by atoms with Gasteiger partial charge >= 0.3 is 0 Å². The van der Waals surface area contributed by atoms with Crippen LogP contribution in [0.1, 0.15) is 0 Å². The first-order valence-electron chi connectivity index (χ1n) is 1.49. The minimum absolute atomic E-state index is 0. The molecule has 4 heteroatoms. The summed E-state index contributed by atoms with van der Waals surface area (Å²) in [5.41, 5.74) is 1.81. The quantitative estimate of drug-likeness (QED) is 0.410. The predicted molar refractivity (Wildman–Crippen MR) is 25.8 cm³/mol. The van der Waals surface area contributed by atoms with Crippen LogP contribution in [0.5, 0.6) is 0 Å². The first-order valence-corrected chi connectivity index (χ1v) is 2.77. The lowest BCUT2D eigenvalue weighted by Crippen LogP contribution is -3.00. The van der Waals surface area contributed by atoms with Gasteiger partial charge < -0.3 is 12.4 Å². The van der Waals surface area contributed by atoms with E-state index in [2.05, 4.69) is 0 Å². The largest absolute Gasteiger partial charge is 1.00 e. The Kier molecular flexibility index (Phi) is 3.34. The third kappa shape index (κ3) is 2.12. The SMILES string of the molecule is Cl[n+]1ccsc1.[Cl-]. The summed E-state index contributed by atoms with van der Waals surface area (Å²) in [5, 5.41) is 1.91. The smallest absolute Gasteiger partial charge is 0.268 e. The van der Waals surface area contributed by atoms with E-state index in [-0.39, 0.29) is 12.4 Å². The molecular formula is C3H3Cl2NS. The van der Waals surface area contributed by atoms with Crippen LogP contribution in [-0.2, 0) is 0 Å². The summed E-state index contributed by atoms with van der Waals surface area (Å²) in [6, 6.07) is 0. The van der Waals surface area contributed by atoms with Crippen molar-refractivity contribution in [1.29, 1.82) is 0 Å². The van der Waals surface area contributed by atoms with Crippen LogP contribution in [0.25, 0.3) is 0 Å². The molecule has 0 saturated carbocycles. The Balaban J connectivity index is 0.000000360. The van der Waals surface area contributed by atoms with Gasteiger partial charge in [0.25, 0.3) is 11.8 Å². The molecule has 0 radical (unpaired) electrons. The zero-order valence-electron chi connectivity index (χ0n) is 3.34. The maximum Gasteiger partial charge on any atom is 0.268 e. The summed E-state index contributed by atoms with van der Waals surface area (Å²) in [6.07, 6.45) is 1.78. The zero-order valence-corrected chi connectivity index (χ0v) is 5.67. The molecule has 0 aliphatic carbocycles. The summed E-state index contributed by atoms with van der Waals surface area (Å²) >= 11 is 6.95. The topological polar surface area (TPSA) is 3.88 Å². The number of nitrogens with zero attached hydrogens (tertiary/aromatic N) is 1. The first-order chi connectivity index (χ1) is 2.89. The van der Waals surface area contributed by atoms with E-state index >= 15 is 0 Å². The van der Waals surface area contributed by atoms with Crippen molar-refractivity contribution in [3.63, 3.8) is 0 Å². The first kappa shape index (κ1) is 7.21. The van der Waals surface area contributed by atoms with E-state index in [1.807, 2.05) is 10.9 Å². The Morgan fingerprint density at radius 2 is 2.29 bits per heavy atom. The van der Waals surface area contributed by atoms with E-state index in [9.17, 15) is 0 Å². The maximum atomic E-state index is 5.38. The van der Waals surface area contributed by atoms with Gasteiger partial charge in [0.1, 0.15) is 0 Å². The molecule has 0 fully saturated rings. The van der Waals surface area contributed by atoms with Crippen molar-refractivity contribution in [2.45, 2.75) is 0 Å². The molecule has 7 heavy (non-hydrogen) atoms. The molecule has 0 atom stereocenters. The van der Waals surface area contributed by atoms with Crippen molar-refractivity contribution < 1.29 is 16.5 Å². The summed E-state index contributed by atoms with van der Waals surface area (Å²) in [4.78, 5) is 0. The molecule has 0 amide bonds. The Labute approximate surface area is 57.1 Å². The Bertz CT molecular complexity index is 116. The molecule has 0 N–H and O–H groups in total. The minimum atomic E-state index is 0. The number of thiazole rings is 1. The molecule has 0 bridgehead atoms. The number of aromatic nitrogens is 1. The van der Waals surface area contributed by atoms with Crippen LogP contribution >= 0.6 is 23.1 Å². The number of hydrogen-bond donors (Lipinski definition) is 0. The fourth-order valence-corrected chi connectivity index (χ4v) is 0.941. The van der Waals surface area contributed by atoms with Gasteiger partial charge in [0.15, 0.2) is 0 Å². The van der Waals surface area contributed by atoms with Crippen LogP contribution in [-0.4, -0.2) is 0 Å². The van der Waals surface area contributed by atoms with Gasteiger partial charge in [-0.1, -0.05) is 15.4 Å². The molecule has 0 aliphatic heterocycles. The van der Waals surface area contributed by atoms with E-state index in [0.717, 1.165) is 0 Å². The molecule has 0 aliphatic rings. The van der Waals surface area contributed by atoms with E-state index in [4.69, 9.17) is 11.8 Å². The van der Waals surface area contributed by atoms with Crippen molar-refractivity contribution in [2.75, 3.05) is 0 Å². The Hall–Kier alpha value is 0.210. The third-order valence-corrected chi connectivity index (χ3v) is 1.40.